The van der Waals surface area contributed by atoms with Gasteiger partial charge in [0.1, 0.15) is 12.9 Å². The van der Waals surface area contributed by atoms with Crippen LogP contribution >= 0.6 is 11.6 Å². The lowest BCUT2D eigenvalue weighted by Crippen LogP contribution is -2.52. The van der Waals surface area contributed by atoms with Gasteiger partial charge >= 0.3 is 5.69 Å². The SMILES string of the molecule is O=c1ccn([C@H]2C[C@@](O)(Cl)[C@](CO)(CF)O2)c(=O)[nH]1. The van der Waals surface area contributed by atoms with Crippen molar-refractivity contribution in [2.24, 2.45) is 0 Å². The molecule has 2 rings (SSSR count). The van der Waals surface area contributed by atoms with Crippen molar-refractivity contribution in [3.63, 3.8) is 0 Å². The van der Waals surface area contributed by atoms with Crippen LogP contribution in [0.4, 0.5) is 4.39 Å². The van der Waals surface area contributed by atoms with Crippen LogP contribution in [0.3, 0.4) is 0 Å². The van der Waals surface area contributed by atoms with E-state index in [2.05, 4.69) is 0 Å². The Morgan fingerprint density at radius 1 is 1.63 bits per heavy atom. The van der Waals surface area contributed by atoms with Crippen LogP contribution in [0.5, 0.6) is 0 Å². The Morgan fingerprint density at radius 3 is 2.79 bits per heavy atom. The number of rotatable bonds is 3. The Bertz CT molecular complexity index is 580. The van der Waals surface area contributed by atoms with E-state index < -0.39 is 41.4 Å². The van der Waals surface area contributed by atoms with E-state index in [-0.39, 0.29) is 6.42 Å². The fourth-order valence-electron chi connectivity index (χ4n) is 1.95. The molecule has 1 aliphatic rings. The van der Waals surface area contributed by atoms with Gasteiger partial charge in [-0.1, -0.05) is 11.6 Å². The molecule has 1 aromatic rings. The number of hydrogen-bond acceptors (Lipinski definition) is 5. The quantitative estimate of drug-likeness (QED) is 0.626. The number of aromatic amines is 1. The molecule has 0 amide bonds. The van der Waals surface area contributed by atoms with E-state index in [0.29, 0.717) is 0 Å². The Morgan fingerprint density at radius 2 is 2.32 bits per heavy atom. The van der Waals surface area contributed by atoms with Crippen molar-refractivity contribution in [1.29, 1.82) is 0 Å². The van der Waals surface area contributed by atoms with E-state index in [1.807, 2.05) is 4.98 Å². The highest BCUT2D eigenvalue weighted by molar-refractivity contribution is 6.23. The average molecular weight is 295 g/mol. The lowest BCUT2D eigenvalue weighted by molar-refractivity contribution is -0.148. The molecule has 9 heteroatoms. The molecule has 1 fully saturated rings. The summed E-state index contributed by atoms with van der Waals surface area (Å²) in [4.78, 5) is 24.5. The normalized spacial score (nSPS) is 34.6. The summed E-state index contributed by atoms with van der Waals surface area (Å²) in [5.41, 5.74) is -3.38. The minimum absolute atomic E-state index is 0.314. The van der Waals surface area contributed by atoms with Gasteiger partial charge in [-0.05, 0) is 0 Å². The van der Waals surface area contributed by atoms with Gasteiger partial charge in [0.05, 0.1) is 6.61 Å². The third kappa shape index (κ3) is 2.20. The van der Waals surface area contributed by atoms with Gasteiger partial charge in [0.2, 0.25) is 0 Å². The average Bonchev–Trinajstić information content (AvgIpc) is 2.60. The zero-order chi connectivity index (χ0) is 14.3. The van der Waals surface area contributed by atoms with Crippen molar-refractivity contribution < 1.29 is 19.3 Å². The first-order valence-electron chi connectivity index (χ1n) is 5.43. The molecule has 0 radical (unpaired) electrons. The predicted molar refractivity (Wildman–Crippen MR) is 62.7 cm³/mol. The number of halogens is 2. The van der Waals surface area contributed by atoms with Gasteiger partial charge in [0.15, 0.2) is 10.7 Å². The molecular weight excluding hydrogens is 283 g/mol. The molecular formula is C10H12ClFN2O5. The predicted octanol–water partition coefficient (Wildman–Crippen LogP) is -0.917. The van der Waals surface area contributed by atoms with Crippen LogP contribution in [0, 0.1) is 0 Å². The number of hydrogen-bond donors (Lipinski definition) is 3. The number of alkyl halides is 2. The van der Waals surface area contributed by atoms with Crippen LogP contribution < -0.4 is 11.2 Å². The van der Waals surface area contributed by atoms with E-state index in [1.54, 1.807) is 0 Å². The van der Waals surface area contributed by atoms with Crippen LogP contribution in [0.15, 0.2) is 21.9 Å². The van der Waals surface area contributed by atoms with Gasteiger partial charge in [-0.2, -0.15) is 0 Å². The summed E-state index contributed by atoms with van der Waals surface area (Å²) in [5.74, 6) is 0. The second kappa shape index (κ2) is 4.71. The standard InChI is InChI=1S/C10H12ClFN2O5/c11-10(18)3-7(19-9(10,4-12)5-15)14-2-1-6(16)13-8(14)17/h1-2,7,15,18H,3-5H2,(H,13,16,17)/t7-,9-,10+/m1/s1. The first-order chi connectivity index (χ1) is 8.85. The Kier molecular flexibility index (Phi) is 3.52. The molecule has 7 nitrogen and oxygen atoms in total. The van der Waals surface area contributed by atoms with Gasteiger partial charge in [-0.15, -0.1) is 0 Å². The third-order valence-corrected chi connectivity index (χ3v) is 3.64. The maximum Gasteiger partial charge on any atom is 0.330 e. The van der Waals surface area contributed by atoms with Crippen molar-refractivity contribution in [3.8, 4) is 0 Å². The third-order valence-electron chi connectivity index (χ3n) is 3.14. The van der Waals surface area contributed by atoms with Crippen molar-refractivity contribution in [3.05, 3.63) is 33.1 Å². The number of nitrogens with one attached hydrogen (secondary N) is 1. The van der Waals surface area contributed by atoms with E-state index in [4.69, 9.17) is 16.3 Å². The van der Waals surface area contributed by atoms with Gasteiger partial charge in [0.25, 0.3) is 5.56 Å². The summed E-state index contributed by atoms with van der Waals surface area (Å²) in [6.45, 7) is -2.07. The van der Waals surface area contributed by atoms with Crippen LogP contribution in [-0.4, -0.2) is 43.7 Å². The second-order valence-electron chi connectivity index (χ2n) is 4.34. The van der Waals surface area contributed by atoms with E-state index in [1.165, 1.54) is 0 Å². The highest BCUT2D eigenvalue weighted by atomic mass is 35.5. The Balaban J connectivity index is 2.40. The highest BCUT2D eigenvalue weighted by Crippen LogP contribution is 2.46. The van der Waals surface area contributed by atoms with Crippen LogP contribution in [-0.2, 0) is 4.74 Å². The molecule has 1 aliphatic heterocycles. The molecule has 3 N–H and O–H groups in total. The van der Waals surface area contributed by atoms with Crippen LogP contribution in [0.2, 0.25) is 0 Å². The fraction of sp³-hybridized carbons (Fsp3) is 0.600. The zero-order valence-corrected chi connectivity index (χ0v) is 10.4. The lowest BCUT2D eigenvalue weighted by atomic mass is 9.99. The van der Waals surface area contributed by atoms with Gasteiger partial charge < -0.3 is 14.9 Å². The van der Waals surface area contributed by atoms with Crippen molar-refractivity contribution in [2.75, 3.05) is 13.3 Å². The maximum atomic E-state index is 13.0. The summed E-state index contributed by atoms with van der Waals surface area (Å²) in [7, 11) is 0. The summed E-state index contributed by atoms with van der Waals surface area (Å²) in [6, 6.07) is 1.08. The smallest absolute Gasteiger partial charge is 0.330 e. The van der Waals surface area contributed by atoms with Crippen molar-refractivity contribution in [2.45, 2.75) is 23.3 Å². The van der Waals surface area contributed by atoms with Gasteiger partial charge in [0, 0.05) is 18.7 Å². The van der Waals surface area contributed by atoms with Crippen molar-refractivity contribution >= 4 is 11.6 Å². The first kappa shape index (κ1) is 14.2. The number of ether oxygens (including phenoxy) is 1. The van der Waals surface area contributed by atoms with E-state index in [0.717, 1.165) is 16.8 Å². The first-order valence-corrected chi connectivity index (χ1v) is 5.80. The van der Waals surface area contributed by atoms with E-state index in [9.17, 15) is 24.2 Å². The maximum absolute atomic E-state index is 13.0. The fourth-order valence-corrected chi connectivity index (χ4v) is 2.24. The number of aliphatic hydroxyl groups is 2. The summed E-state index contributed by atoms with van der Waals surface area (Å²) in [5, 5.41) is 17.0. The molecule has 0 aromatic carbocycles. The Hall–Kier alpha value is -1.22. The number of aromatic nitrogens is 2. The molecule has 0 bridgehead atoms. The van der Waals surface area contributed by atoms with Gasteiger partial charge in [-0.25, -0.2) is 9.18 Å². The highest BCUT2D eigenvalue weighted by Gasteiger charge is 2.59. The topological polar surface area (TPSA) is 105 Å². The molecule has 3 atom stereocenters. The summed E-state index contributed by atoms with van der Waals surface area (Å²) >= 11 is 5.76. The summed E-state index contributed by atoms with van der Waals surface area (Å²) in [6.07, 6.45) is -0.259. The molecule has 106 valence electrons. The molecule has 0 aliphatic carbocycles. The molecule has 19 heavy (non-hydrogen) atoms. The molecule has 1 saturated heterocycles. The van der Waals surface area contributed by atoms with Crippen molar-refractivity contribution in [1.82, 2.24) is 9.55 Å². The van der Waals surface area contributed by atoms with Crippen LogP contribution in [0.25, 0.3) is 0 Å². The monoisotopic (exact) mass is 294 g/mol. The molecule has 0 unspecified atom stereocenters. The zero-order valence-electron chi connectivity index (χ0n) is 9.68. The minimum Gasteiger partial charge on any atom is -0.393 e. The Labute approximate surface area is 111 Å². The largest absolute Gasteiger partial charge is 0.393 e. The minimum atomic E-state index is -2.16. The molecule has 0 saturated carbocycles. The number of nitrogens with zero attached hydrogens (tertiary/aromatic N) is 1. The lowest BCUT2D eigenvalue weighted by Gasteiger charge is -2.31. The second-order valence-corrected chi connectivity index (χ2v) is 4.96. The molecule has 0 spiro atoms. The van der Waals surface area contributed by atoms with Gasteiger partial charge in [-0.3, -0.25) is 14.3 Å². The van der Waals surface area contributed by atoms with Crippen LogP contribution in [0.1, 0.15) is 12.6 Å². The number of H-pyrrole nitrogens is 1. The number of aliphatic hydroxyl groups excluding tert-OH is 1. The molecule has 1 aromatic heterocycles. The summed E-state index contributed by atoms with van der Waals surface area (Å²) < 4.78 is 19.2. The molecule has 2 heterocycles. The van der Waals surface area contributed by atoms with E-state index >= 15 is 0 Å².